The van der Waals surface area contributed by atoms with Gasteiger partial charge in [-0.05, 0) is 40.8 Å². The van der Waals surface area contributed by atoms with Gasteiger partial charge in [-0.3, -0.25) is 0 Å². The molecular formula is C44H31N5. The Morgan fingerprint density at radius 2 is 0.898 bits per heavy atom. The van der Waals surface area contributed by atoms with E-state index in [-0.39, 0.29) is 5.92 Å². The lowest BCUT2D eigenvalue weighted by Crippen LogP contribution is -2.14. The van der Waals surface area contributed by atoms with Crippen LogP contribution in [0, 0.1) is 0 Å². The van der Waals surface area contributed by atoms with Gasteiger partial charge in [0.25, 0.3) is 0 Å². The standard InChI is InChI=1S/C44H31N5/c1-28-25-38-39(30-14-5-2-6-15-30)45-41(31-16-7-3-8-17-31)46-40(38)37-27-35(23-24-36(28)37)44-48-42(32-18-9-4-10-19-32)47-43(49-44)34-22-21-29-13-11-12-20-33(29)26-34/h2-24,26-28H,25H2,1H3. The van der Waals surface area contributed by atoms with E-state index in [1.54, 1.807) is 0 Å². The third kappa shape index (κ3) is 5.35. The molecule has 0 bridgehead atoms. The van der Waals surface area contributed by atoms with E-state index >= 15 is 0 Å². The molecule has 5 nitrogen and oxygen atoms in total. The molecular weight excluding hydrogens is 599 g/mol. The average Bonchev–Trinajstić information content (AvgIpc) is 3.18. The van der Waals surface area contributed by atoms with Crippen molar-refractivity contribution in [2.75, 3.05) is 0 Å². The minimum Gasteiger partial charge on any atom is -0.228 e. The molecule has 0 fully saturated rings. The molecule has 5 heteroatoms. The number of aromatic nitrogens is 5. The normalized spacial score (nSPS) is 13.5. The lowest BCUT2D eigenvalue weighted by Gasteiger charge is -2.27. The Labute approximate surface area is 285 Å². The van der Waals surface area contributed by atoms with Crippen molar-refractivity contribution in [1.29, 1.82) is 0 Å². The zero-order valence-electron chi connectivity index (χ0n) is 27.0. The van der Waals surface area contributed by atoms with E-state index in [1.165, 1.54) is 16.5 Å². The summed E-state index contributed by atoms with van der Waals surface area (Å²) >= 11 is 0. The van der Waals surface area contributed by atoms with Crippen molar-refractivity contribution in [1.82, 2.24) is 24.9 Å². The number of nitrogens with zero attached hydrogens (tertiary/aromatic N) is 5. The second kappa shape index (κ2) is 12.0. The molecule has 1 aliphatic carbocycles. The zero-order valence-corrected chi connectivity index (χ0v) is 27.0. The zero-order chi connectivity index (χ0) is 32.7. The van der Waals surface area contributed by atoms with Crippen LogP contribution in [0.4, 0.5) is 0 Å². The van der Waals surface area contributed by atoms with Crippen molar-refractivity contribution in [3.63, 3.8) is 0 Å². The van der Waals surface area contributed by atoms with Crippen LogP contribution in [0.15, 0.2) is 152 Å². The molecule has 0 radical (unpaired) electrons. The van der Waals surface area contributed by atoms with Crippen LogP contribution < -0.4 is 0 Å². The van der Waals surface area contributed by atoms with E-state index in [9.17, 15) is 0 Å². The number of benzene rings is 6. The lowest BCUT2D eigenvalue weighted by molar-refractivity contribution is 0.742. The molecule has 0 aliphatic heterocycles. The maximum Gasteiger partial charge on any atom is 0.164 e. The van der Waals surface area contributed by atoms with Gasteiger partial charge in [0.15, 0.2) is 23.3 Å². The van der Waals surface area contributed by atoms with E-state index in [1.807, 2.05) is 54.6 Å². The predicted molar refractivity (Wildman–Crippen MR) is 198 cm³/mol. The number of rotatable bonds is 5. The van der Waals surface area contributed by atoms with Crippen LogP contribution in [0.2, 0.25) is 0 Å². The number of fused-ring (bicyclic) bond motifs is 4. The Morgan fingerprint density at radius 3 is 1.55 bits per heavy atom. The Hall–Kier alpha value is -6.33. The summed E-state index contributed by atoms with van der Waals surface area (Å²) in [5.41, 5.74) is 10.4. The van der Waals surface area contributed by atoms with Crippen molar-refractivity contribution in [2.45, 2.75) is 19.3 Å². The monoisotopic (exact) mass is 629 g/mol. The molecule has 49 heavy (non-hydrogen) atoms. The summed E-state index contributed by atoms with van der Waals surface area (Å²) in [5.74, 6) is 2.91. The van der Waals surface area contributed by atoms with E-state index in [4.69, 9.17) is 24.9 Å². The van der Waals surface area contributed by atoms with Crippen molar-refractivity contribution < 1.29 is 0 Å². The topological polar surface area (TPSA) is 64.5 Å². The average molecular weight is 630 g/mol. The summed E-state index contributed by atoms with van der Waals surface area (Å²) < 4.78 is 0. The molecule has 2 heterocycles. The molecule has 0 N–H and O–H groups in total. The highest BCUT2D eigenvalue weighted by Gasteiger charge is 2.28. The van der Waals surface area contributed by atoms with E-state index in [2.05, 4.69) is 104 Å². The largest absolute Gasteiger partial charge is 0.228 e. The van der Waals surface area contributed by atoms with Crippen molar-refractivity contribution in [2.24, 2.45) is 0 Å². The van der Waals surface area contributed by atoms with Crippen LogP contribution in [0.5, 0.6) is 0 Å². The Kier molecular flexibility index (Phi) is 7.09. The molecule has 6 aromatic carbocycles. The van der Waals surface area contributed by atoms with Gasteiger partial charge in [0.1, 0.15) is 0 Å². The third-order valence-corrected chi connectivity index (χ3v) is 9.37. The molecule has 0 saturated heterocycles. The second-order valence-corrected chi connectivity index (χ2v) is 12.6. The molecule has 232 valence electrons. The van der Waals surface area contributed by atoms with E-state index in [0.717, 1.165) is 56.6 Å². The van der Waals surface area contributed by atoms with Crippen LogP contribution in [0.1, 0.15) is 24.0 Å². The van der Waals surface area contributed by atoms with Crippen molar-refractivity contribution in [3.8, 4) is 68.1 Å². The summed E-state index contributed by atoms with van der Waals surface area (Å²) in [5, 5.41) is 2.32. The highest BCUT2D eigenvalue weighted by Crippen LogP contribution is 2.44. The summed E-state index contributed by atoms with van der Waals surface area (Å²) in [6.07, 6.45) is 0.858. The maximum absolute atomic E-state index is 5.28. The van der Waals surface area contributed by atoms with Gasteiger partial charge in [0, 0.05) is 38.9 Å². The first-order valence-corrected chi connectivity index (χ1v) is 16.6. The van der Waals surface area contributed by atoms with E-state index in [0.29, 0.717) is 23.3 Å². The molecule has 0 saturated carbocycles. The molecule has 1 aliphatic rings. The number of hydrogen-bond donors (Lipinski definition) is 0. The Bertz CT molecular complexity index is 2480. The highest BCUT2D eigenvalue weighted by atomic mass is 15.0. The van der Waals surface area contributed by atoms with Gasteiger partial charge in [0.05, 0.1) is 11.4 Å². The molecule has 1 atom stereocenters. The minimum absolute atomic E-state index is 0.289. The van der Waals surface area contributed by atoms with Crippen LogP contribution >= 0.6 is 0 Å². The first kappa shape index (κ1) is 28.9. The summed E-state index contributed by atoms with van der Waals surface area (Å²) in [6, 6.07) is 52.1. The predicted octanol–water partition coefficient (Wildman–Crippen LogP) is 10.5. The van der Waals surface area contributed by atoms with Crippen molar-refractivity contribution >= 4 is 10.8 Å². The SMILES string of the molecule is CC1Cc2c(-c3ccccc3)nc(-c3ccccc3)nc2-c2cc(-c3nc(-c4ccccc4)nc(-c4ccc5ccccc5c4)n3)ccc21. The van der Waals surface area contributed by atoms with Gasteiger partial charge in [-0.1, -0.05) is 146 Å². The quantitative estimate of drug-likeness (QED) is 0.190. The highest BCUT2D eigenvalue weighted by molar-refractivity contribution is 5.87. The lowest BCUT2D eigenvalue weighted by atomic mass is 9.80. The molecule has 0 spiro atoms. The van der Waals surface area contributed by atoms with Gasteiger partial charge < -0.3 is 0 Å². The molecule has 8 aromatic rings. The summed E-state index contributed by atoms with van der Waals surface area (Å²) in [4.78, 5) is 25.6. The van der Waals surface area contributed by atoms with Gasteiger partial charge in [-0.2, -0.15) is 0 Å². The smallest absolute Gasteiger partial charge is 0.164 e. The van der Waals surface area contributed by atoms with Gasteiger partial charge in [0.2, 0.25) is 0 Å². The summed E-state index contributed by atoms with van der Waals surface area (Å²) in [6.45, 7) is 2.29. The maximum atomic E-state index is 5.28. The molecule has 0 amide bonds. The van der Waals surface area contributed by atoms with Crippen LogP contribution in [-0.4, -0.2) is 24.9 Å². The Morgan fingerprint density at radius 1 is 0.408 bits per heavy atom. The van der Waals surface area contributed by atoms with Crippen LogP contribution in [-0.2, 0) is 6.42 Å². The molecule has 1 unspecified atom stereocenters. The first-order valence-electron chi connectivity index (χ1n) is 16.6. The summed E-state index contributed by atoms with van der Waals surface area (Å²) in [7, 11) is 0. The fraction of sp³-hybridized carbons (Fsp3) is 0.0682. The Balaban J connectivity index is 1.25. The van der Waals surface area contributed by atoms with Crippen LogP contribution in [0.3, 0.4) is 0 Å². The number of hydrogen-bond acceptors (Lipinski definition) is 5. The van der Waals surface area contributed by atoms with Gasteiger partial charge >= 0.3 is 0 Å². The van der Waals surface area contributed by atoms with Crippen molar-refractivity contribution in [3.05, 3.63) is 163 Å². The van der Waals surface area contributed by atoms with Crippen LogP contribution in [0.25, 0.3) is 78.8 Å². The second-order valence-electron chi connectivity index (χ2n) is 12.6. The third-order valence-electron chi connectivity index (χ3n) is 9.37. The molecule has 2 aromatic heterocycles. The minimum atomic E-state index is 0.289. The first-order chi connectivity index (χ1) is 24.2. The molecule has 9 rings (SSSR count). The fourth-order valence-electron chi connectivity index (χ4n) is 6.88. The fourth-order valence-corrected chi connectivity index (χ4v) is 6.88. The van der Waals surface area contributed by atoms with Gasteiger partial charge in [-0.15, -0.1) is 0 Å². The van der Waals surface area contributed by atoms with E-state index < -0.39 is 0 Å². The van der Waals surface area contributed by atoms with Gasteiger partial charge in [-0.25, -0.2) is 24.9 Å².